The van der Waals surface area contributed by atoms with Crippen molar-refractivity contribution >= 4 is 33.7 Å². The highest BCUT2D eigenvalue weighted by Gasteiger charge is 2.07. The molecule has 0 aliphatic rings. The number of hydrogen-bond acceptors (Lipinski definition) is 3. The maximum atomic E-state index is 11.9. The van der Waals surface area contributed by atoms with Crippen molar-refractivity contribution in [3.8, 4) is 0 Å². The Hall–Kier alpha value is -2.46. The van der Waals surface area contributed by atoms with Crippen molar-refractivity contribution in [1.29, 1.82) is 0 Å². The van der Waals surface area contributed by atoms with Gasteiger partial charge >= 0.3 is 0 Å². The molecule has 4 heteroatoms. The molecule has 1 heterocycles. The number of nitrogens with one attached hydrogen (secondary N) is 1. The van der Waals surface area contributed by atoms with Crippen LogP contribution in [-0.2, 0) is 0 Å². The van der Waals surface area contributed by atoms with Crippen molar-refractivity contribution in [3.05, 3.63) is 70.4 Å². The van der Waals surface area contributed by atoms with E-state index in [1.165, 1.54) is 11.3 Å². The van der Waals surface area contributed by atoms with Crippen LogP contribution in [0.1, 0.15) is 22.2 Å². The van der Waals surface area contributed by atoms with E-state index < -0.39 is 0 Å². The fourth-order valence-electron chi connectivity index (χ4n) is 2.20. The van der Waals surface area contributed by atoms with Gasteiger partial charge in [0.25, 0.3) is 5.91 Å². The van der Waals surface area contributed by atoms with Gasteiger partial charge < -0.3 is 0 Å². The van der Waals surface area contributed by atoms with E-state index in [9.17, 15) is 4.79 Å². The van der Waals surface area contributed by atoms with E-state index in [1.807, 2.05) is 42.6 Å². The van der Waals surface area contributed by atoms with Crippen LogP contribution in [0, 0.1) is 0 Å². The molecule has 3 aromatic rings. The van der Waals surface area contributed by atoms with Crippen molar-refractivity contribution in [3.63, 3.8) is 0 Å². The monoisotopic (exact) mass is 294 g/mol. The maximum absolute atomic E-state index is 11.9. The first kappa shape index (κ1) is 13.5. The van der Waals surface area contributed by atoms with Crippen molar-refractivity contribution < 1.29 is 4.79 Å². The Bertz CT molecular complexity index is 801. The lowest BCUT2D eigenvalue weighted by atomic mass is 10.0. The number of carbonyl (C=O) groups is 1. The molecule has 0 bridgehead atoms. The van der Waals surface area contributed by atoms with E-state index in [0.29, 0.717) is 4.88 Å². The van der Waals surface area contributed by atoms with E-state index in [4.69, 9.17) is 0 Å². The minimum Gasteiger partial charge on any atom is -0.266 e. The van der Waals surface area contributed by atoms with Gasteiger partial charge in [0.15, 0.2) is 0 Å². The van der Waals surface area contributed by atoms with Gasteiger partial charge in [-0.25, -0.2) is 5.43 Å². The molecule has 0 atom stereocenters. The van der Waals surface area contributed by atoms with Crippen LogP contribution < -0.4 is 5.43 Å². The summed E-state index contributed by atoms with van der Waals surface area (Å²) in [5, 5.41) is 8.39. The van der Waals surface area contributed by atoms with Crippen molar-refractivity contribution in [1.82, 2.24) is 5.43 Å². The third-order valence-electron chi connectivity index (χ3n) is 3.25. The number of hydrazone groups is 1. The number of nitrogens with zero attached hydrogens (tertiary/aromatic N) is 1. The fourth-order valence-corrected chi connectivity index (χ4v) is 2.81. The van der Waals surface area contributed by atoms with Gasteiger partial charge in [-0.3, -0.25) is 4.79 Å². The molecule has 2 aromatic carbocycles. The summed E-state index contributed by atoms with van der Waals surface area (Å²) in [6.45, 7) is 1.90. The van der Waals surface area contributed by atoms with Crippen LogP contribution in [0.2, 0.25) is 0 Å². The lowest BCUT2D eigenvalue weighted by molar-refractivity contribution is 0.0959. The zero-order chi connectivity index (χ0) is 14.7. The maximum Gasteiger partial charge on any atom is 0.281 e. The highest BCUT2D eigenvalue weighted by Crippen LogP contribution is 2.19. The van der Waals surface area contributed by atoms with Gasteiger partial charge in [0.05, 0.1) is 10.6 Å². The molecule has 1 N–H and O–H groups in total. The normalized spacial score (nSPS) is 11.6. The minimum absolute atomic E-state index is 0.176. The third kappa shape index (κ3) is 2.85. The van der Waals surface area contributed by atoms with Crippen molar-refractivity contribution in [2.45, 2.75) is 6.92 Å². The van der Waals surface area contributed by atoms with Crippen LogP contribution in [0.5, 0.6) is 0 Å². The lowest BCUT2D eigenvalue weighted by Gasteiger charge is -2.06. The van der Waals surface area contributed by atoms with Crippen LogP contribution in [-0.4, -0.2) is 11.6 Å². The number of amides is 1. The number of hydrogen-bond donors (Lipinski definition) is 1. The SMILES string of the molecule is CC(=NNC(=O)c1cccs1)c1cccc2ccccc12. The molecule has 3 nitrogen and oxygen atoms in total. The van der Waals surface area contributed by atoms with Gasteiger partial charge in [0.2, 0.25) is 0 Å². The van der Waals surface area contributed by atoms with Crippen LogP contribution in [0.15, 0.2) is 65.1 Å². The minimum atomic E-state index is -0.176. The zero-order valence-corrected chi connectivity index (χ0v) is 12.4. The number of carbonyl (C=O) groups excluding carboxylic acids is 1. The molecule has 0 aliphatic heterocycles. The summed E-state index contributed by atoms with van der Waals surface area (Å²) in [6, 6.07) is 17.8. The van der Waals surface area contributed by atoms with Gasteiger partial charge in [-0.1, -0.05) is 48.5 Å². The molecule has 0 saturated heterocycles. The van der Waals surface area contributed by atoms with Gasteiger partial charge in [0.1, 0.15) is 0 Å². The molecule has 0 radical (unpaired) electrons. The molecule has 0 aliphatic carbocycles. The first-order valence-electron chi connectivity index (χ1n) is 6.62. The highest BCUT2D eigenvalue weighted by atomic mass is 32.1. The highest BCUT2D eigenvalue weighted by molar-refractivity contribution is 7.12. The van der Waals surface area contributed by atoms with Gasteiger partial charge in [-0.15, -0.1) is 11.3 Å². The molecule has 21 heavy (non-hydrogen) atoms. The molecular formula is C17H14N2OS. The Morgan fingerprint density at radius 1 is 1.05 bits per heavy atom. The Morgan fingerprint density at radius 3 is 2.67 bits per heavy atom. The number of fused-ring (bicyclic) bond motifs is 1. The summed E-state index contributed by atoms with van der Waals surface area (Å²) < 4.78 is 0. The Morgan fingerprint density at radius 2 is 1.86 bits per heavy atom. The van der Waals surface area contributed by atoms with Crippen LogP contribution in [0.4, 0.5) is 0 Å². The smallest absolute Gasteiger partial charge is 0.266 e. The molecule has 0 unspecified atom stereocenters. The molecule has 0 spiro atoms. The Labute approximate surface area is 126 Å². The quantitative estimate of drug-likeness (QED) is 0.574. The third-order valence-corrected chi connectivity index (χ3v) is 4.12. The summed E-state index contributed by atoms with van der Waals surface area (Å²) >= 11 is 1.40. The molecule has 104 valence electrons. The summed E-state index contributed by atoms with van der Waals surface area (Å²) in [5.74, 6) is -0.176. The molecule has 3 rings (SSSR count). The zero-order valence-electron chi connectivity index (χ0n) is 11.5. The van der Waals surface area contributed by atoms with Crippen LogP contribution in [0.25, 0.3) is 10.8 Å². The summed E-state index contributed by atoms with van der Waals surface area (Å²) in [4.78, 5) is 12.6. The number of thiophene rings is 1. The van der Waals surface area contributed by atoms with E-state index in [0.717, 1.165) is 22.0 Å². The second-order valence-electron chi connectivity index (χ2n) is 4.64. The molecule has 1 aromatic heterocycles. The van der Waals surface area contributed by atoms with E-state index >= 15 is 0 Å². The standard InChI is InChI=1S/C17H14N2OS/c1-12(18-19-17(20)16-10-5-11-21-16)14-9-4-7-13-6-2-3-8-15(13)14/h2-11H,1H3,(H,19,20). The largest absolute Gasteiger partial charge is 0.281 e. The summed E-state index contributed by atoms with van der Waals surface area (Å²) in [6.07, 6.45) is 0. The second kappa shape index (κ2) is 5.89. The molecule has 0 saturated carbocycles. The Kier molecular flexibility index (Phi) is 3.79. The van der Waals surface area contributed by atoms with Crippen LogP contribution >= 0.6 is 11.3 Å². The second-order valence-corrected chi connectivity index (χ2v) is 5.59. The van der Waals surface area contributed by atoms with Crippen molar-refractivity contribution in [2.75, 3.05) is 0 Å². The van der Waals surface area contributed by atoms with Crippen LogP contribution in [0.3, 0.4) is 0 Å². The van der Waals surface area contributed by atoms with E-state index in [1.54, 1.807) is 6.07 Å². The van der Waals surface area contributed by atoms with Gasteiger partial charge in [0, 0.05) is 5.56 Å². The lowest BCUT2D eigenvalue weighted by Crippen LogP contribution is -2.18. The topological polar surface area (TPSA) is 41.5 Å². The van der Waals surface area contributed by atoms with Gasteiger partial charge in [-0.05, 0) is 29.1 Å². The van der Waals surface area contributed by atoms with Gasteiger partial charge in [-0.2, -0.15) is 5.10 Å². The number of benzene rings is 2. The first-order chi connectivity index (χ1) is 10.3. The number of rotatable bonds is 3. The predicted molar refractivity (Wildman–Crippen MR) is 87.9 cm³/mol. The average Bonchev–Trinajstić information content (AvgIpc) is 3.06. The summed E-state index contributed by atoms with van der Waals surface area (Å²) in [5.41, 5.74) is 4.42. The van der Waals surface area contributed by atoms with E-state index in [-0.39, 0.29) is 5.91 Å². The molecule has 1 amide bonds. The Balaban J connectivity index is 1.88. The fraction of sp³-hybridized carbons (Fsp3) is 0.0588. The first-order valence-corrected chi connectivity index (χ1v) is 7.50. The molecular weight excluding hydrogens is 280 g/mol. The van der Waals surface area contributed by atoms with Crippen molar-refractivity contribution in [2.24, 2.45) is 5.10 Å². The van der Waals surface area contributed by atoms with E-state index in [2.05, 4.69) is 28.7 Å². The molecule has 0 fully saturated rings. The summed E-state index contributed by atoms with van der Waals surface area (Å²) in [7, 11) is 0. The predicted octanol–water partition coefficient (Wildman–Crippen LogP) is 4.06. The average molecular weight is 294 g/mol.